The lowest BCUT2D eigenvalue weighted by Gasteiger charge is -2.12. The average Bonchev–Trinajstić information content (AvgIpc) is 2.37. The first-order valence-corrected chi connectivity index (χ1v) is 8.84. The molecule has 106 valence electrons. The maximum Gasteiger partial charge on any atom is 0.177 e. The fraction of sp³-hybridized carbons (Fsp3) is 0.200. The molecular formula is C15H16BrNO2S. The minimum atomic E-state index is -3.23. The summed E-state index contributed by atoms with van der Waals surface area (Å²) in [6.45, 7) is 2.59. The predicted octanol–water partition coefficient (Wildman–Crippen LogP) is 3.77. The summed E-state index contributed by atoms with van der Waals surface area (Å²) >= 11 is 3.52. The van der Waals surface area contributed by atoms with Gasteiger partial charge in [0.25, 0.3) is 0 Å². The lowest BCUT2D eigenvalue weighted by Crippen LogP contribution is -2.06. The van der Waals surface area contributed by atoms with Gasteiger partial charge in [-0.25, -0.2) is 8.42 Å². The van der Waals surface area contributed by atoms with E-state index in [1.807, 2.05) is 31.2 Å². The minimum absolute atomic E-state index is 0.322. The summed E-state index contributed by atoms with van der Waals surface area (Å²) in [5.41, 5.74) is 2.89. The van der Waals surface area contributed by atoms with Crippen LogP contribution >= 0.6 is 15.9 Å². The number of nitrogens with one attached hydrogen (secondary N) is 1. The monoisotopic (exact) mass is 353 g/mol. The summed E-state index contributed by atoms with van der Waals surface area (Å²) in [4.78, 5) is 0.322. The quantitative estimate of drug-likeness (QED) is 0.909. The minimum Gasteiger partial charge on any atom is -0.380 e. The number of hydrogen-bond donors (Lipinski definition) is 1. The van der Waals surface area contributed by atoms with Crippen molar-refractivity contribution >= 4 is 31.5 Å². The first kappa shape index (κ1) is 15.1. The highest BCUT2D eigenvalue weighted by Gasteiger charge is 2.12. The number of halogens is 1. The summed E-state index contributed by atoms with van der Waals surface area (Å²) < 4.78 is 24.5. The van der Waals surface area contributed by atoms with Crippen LogP contribution in [-0.2, 0) is 16.4 Å². The van der Waals surface area contributed by atoms with Crippen LogP contribution in [0.15, 0.2) is 51.8 Å². The molecule has 5 heteroatoms. The van der Waals surface area contributed by atoms with E-state index in [1.54, 1.807) is 18.2 Å². The van der Waals surface area contributed by atoms with Gasteiger partial charge in [-0.1, -0.05) is 40.2 Å². The molecule has 1 N–H and O–H groups in total. The largest absolute Gasteiger partial charge is 0.380 e. The van der Waals surface area contributed by atoms with Crippen LogP contribution in [0.1, 0.15) is 11.1 Å². The second-order valence-electron chi connectivity index (χ2n) is 4.72. The van der Waals surface area contributed by atoms with Crippen LogP contribution in [0.5, 0.6) is 0 Å². The first-order chi connectivity index (χ1) is 9.38. The smallest absolute Gasteiger partial charge is 0.177 e. The van der Waals surface area contributed by atoms with Gasteiger partial charge in [-0.15, -0.1) is 0 Å². The highest BCUT2D eigenvalue weighted by Crippen LogP contribution is 2.23. The molecule has 0 bridgehead atoms. The van der Waals surface area contributed by atoms with Crippen molar-refractivity contribution in [2.45, 2.75) is 18.4 Å². The van der Waals surface area contributed by atoms with Crippen LogP contribution in [0.4, 0.5) is 5.69 Å². The Kier molecular flexibility index (Phi) is 4.50. The number of benzene rings is 2. The van der Waals surface area contributed by atoms with Gasteiger partial charge in [-0.2, -0.15) is 0 Å². The molecule has 0 aliphatic carbocycles. The van der Waals surface area contributed by atoms with Crippen molar-refractivity contribution < 1.29 is 8.42 Å². The molecule has 0 saturated carbocycles. The Labute approximate surface area is 128 Å². The molecule has 0 heterocycles. The Hall–Kier alpha value is -1.33. The fourth-order valence-corrected chi connectivity index (χ4v) is 3.42. The highest BCUT2D eigenvalue weighted by atomic mass is 79.9. The van der Waals surface area contributed by atoms with Gasteiger partial charge in [-0.05, 0) is 36.2 Å². The zero-order chi connectivity index (χ0) is 14.8. The number of sulfone groups is 1. The molecule has 0 aliphatic rings. The third-order valence-corrected chi connectivity index (χ3v) is 4.86. The van der Waals surface area contributed by atoms with E-state index in [-0.39, 0.29) is 0 Å². The topological polar surface area (TPSA) is 46.2 Å². The molecule has 0 aliphatic heterocycles. The number of rotatable bonds is 4. The van der Waals surface area contributed by atoms with Crippen LogP contribution in [0.3, 0.4) is 0 Å². The molecule has 2 rings (SSSR count). The van der Waals surface area contributed by atoms with E-state index in [4.69, 9.17) is 0 Å². The van der Waals surface area contributed by atoms with E-state index in [0.717, 1.165) is 10.0 Å². The van der Waals surface area contributed by atoms with Crippen LogP contribution in [0.25, 0.3) is 0 Å². The third kappa shape index (κ3) is 3.61. The number of anilines is 1. The number of aryl methyl sites for hydroxylation is 1. The molecule has 0 atom stereocenters. The summed E-state index contributed by atoms with van der Waals surface area (Å²) in [6.07, 6.45) is 1.22. The fourth-order valence-electron chi connectivity index (χ4n) is 1.92. The van der Waals surface area contributed by atoms with Crippen molar-refractivity contribution in [2.75, 3.05) is 11.6 Å². The number of para-hydroxylation sites is 1. The lowest BCUT2D eigenvalue weighted by atomic mass is 10.1. The Morgan fingerprint density at radius 1 is 1.15 bits per heavy atom. The molecule has 0 unspecified atom stereocenters. The average molecular weight is 354 g/mol. The zero-order valence-corrected chi connectivity index (χ0v) is 13.8. The van der Waals surface area contributed by atoms with Gasteiger partial charge in [0, 0.05) is 17.3 Å². The normalized spacial score (nSPS) is 11.3. The van der Waals surface area contributed by atoms with Crippen LogP contribution in [-0.4, -0.2) is 14.7 Å². The van der Waals surface area contributed by atoms with Crippen LogP contribution in [0.2, 0.25) is 0 Å². The molecule has 3 nitrogen and oxygen atoms in total. The van der Waals surface area contributed by atoms with E-state index >= 15 is 0 Å². The van der Waals surface area contributed by atoms with Crippen molar-refractivity contribution in [3.8, 4) is 0 Å². The van der Waals surface area contributed by atoms with Gasteiger partial charge in [0.2, 0.25) is 0 Å². The van der Waals surface area contributed by atoms with E-state index in [2.05, 4.69) is 21.2 Å². The van der Waals surface area contributed by atoms with E-state index in [1.165, 1.54) is 11.8 Å². The van der Waals surface area contributed by atoms with E-state index in [9.17, 15) is 8.42 Å². The van der Waals surface area contributed by atoms with Crippen molar-refractivity contribution in [3.05, 3.63) is 58.1 Å². The summed E-state index contributed by atoms with van der Waals surface area (Å²) in [5, 5.41) is 3.19. The van der Waals surface area contributed by atoms with Crippen molar-refractivity contribution in [2.24, 2.45) is 0 Å². The van der Waals surface area contributed by atoms with Gasteiger partial charge in [-0.3, -0.25) is 0 Å². The zero-order valence-electron chi connectivity index (χ0n) is 11.4. The standard InChI is InChI=1S/C15H16BrNO2S/c1-11-7-8-12(13(16)9-11)10-17-14-5-3-4-6-15(14)20(2,18)19/h3-9,17H,10H2,1-2H3. The molecular weight excluding hydrogens is 338 g/mol. The van der Waals surface area contributed by atoms with E-state index in [0.29, 0.717) is 17.1 Å². The molecule has 0 spiro atoms. The lowest BCUT2D eigenvalue weighted by molar-refractivity contribution is 0.602. The molecule has 0 fully saturated rings. The number of hydrogen-bond acceptors (Lipinski definition) is 3. The Morgan fingerprint density at radius 2 is 1.85 bits per heavy atom. The highest BCUT2D eigenvalue weighted by molar-refractivity contribution is 9.10. The Balaban J connectivity index is 2.24. The molecule has 20 heavy (non-hydrogen) atoms. The SMILES string of the molecule is Cc1ccc(CNc2ccccc2S(C)(=O)=O)c(Br)c1. The Morgan fingerprint density at radius 3 is 2.50 bits per heavy atom. The van der Waals surface area contributed by atoms with Gasteiger partial charge < -0.3 is 5.32 Å². The molecule has 2 aromatic carbocycles. The Bertz CT molecular complexity index is 726. The van der Waals surface area contributed by atoms with E-state index < -0.39 is 9.84 Å². The summed E-state index contributed by atoms with van der Waals surface area (Å²) in [5.74, 6) is 0. The maximum atomic E-state index is 11.7. The molecule has 0 amide bonds. The molecule has 2 aromatic rings. The van der Waals surface area contributed by atoms with Crippen molar-refractivity contribution in [1.29, 1.82) is 0 Å². The van der Waals surface area contributed by atoms with Crippen molar-refractivity contribution in [1.82, 2.24) is 0 Å². The van der Waals surface area contributed by atoms with Gasteiger partial charge in [0.05, 0.1) is 10.6 Å². The summed E-state index contributed by atoms with van der Waals surface area (Å²) in [6, 6.07) is 13.0. The first-order valence-electron chi connectivity index (χ1n) is 6.16. The second-order valence-corrected chi connectivity index (χ2v) is 7.56. The molecule has 0 aromatic heterocycles. The van der Waals surface area contributed by atoms with Gasteiger partial charge in [0.1, 0.15) is 0 Å². The molecule has 0 radical (unpaired) electrons. The van der Waals surface area contributed by atoms with Gasteiger partial charge in [0.15, 0.2) is 9.84 Å². The maximum absolute atomic E-state index is 11.7. The second kappa shape index (κ2) is 5.97. The van der Waals surface area contributed by atoms with Gasteiger partial charge >= 0.3 is 0 Å². The summed E-state index contributed by atoms with van der Waals surface area (Å²) in [7, 11) is -3.23. The predicted molar refractivity (Wildman–Crippen MR) is 85.8 cm³/mol. The molecule has 0 saturated heterocycles. The van der Waals surface area contributed by atoms with Crippen LogP contribution < -0.4 is 5.32 Å². The van der Waals surface area contributed by atoms with Crippen molar-refractivity contribution in [3.63, 3.8) is 0 Å². The van der Waals surface area contributed by atoms with Crippen LogP contribution in [0, 0.1) is 6.92 Å². The third-order valence-electron chi connectivity index (χ3n) is 2.96.